The van der Waals surface area contributed by atoms with Gasteiger partial charge < -0.3 is 15.6 Å². The first-order valence-electron chi connectivity index (χ1n) is 6.12. The maximum absolute atomic E-state index is 11.3. The lowest BCUT2D eigenvalue weighted by Gasteiger charge is -2.25. The van der Waals surface area contributed by atoms with Gasteiger partial charge in [-0.1, -0.05) is 44.2 Å². The summed E-state index contributed by atoms with van der Waals surface area (Å²) >= 11 is 0. The highest BCUT2D eigenvalue weighted by Crippen LogP contribution is 2.19. The molecule has 1 aromatic rings. The summed E-state index contributed by atoms with van der Waals surface area (Å²) in [5, 5.41) is 9.29. The average Bonchev–Trinajstić information content (AvgIpc) is 2.35. The van der Waals surface area contributed by atoms with Crippen molar-refractivity contribution in [2.75, 3.05) is 13.2 Å². The minimum absolute atomic E-state index is 0.0148. The van der Waals surface area contributed by atoms with Gasteiger partial charge in [0, 0.05) is 6.61 Å². The third-order valence-electron chi connectivity index (χ3n) is 2.84. The third kappa shape index (κ3) is 3.82. The number of aliphatic carboxylic acids is 1. The summed E-state index contributed by atoms with van der Waals surface area (Å²) in [6, 6.07) is 8.78. The van der Waals surface area contributed by atoms with E-state index in [1.54, 1.807) is 24.3 Å². The Hall–Kier alpha value is -1.39. The number of benzene rings is 1. The van der Waals surface area contributed by atoms with E-state index in [1.807, 2.05) is 6.07 Å². The number of carbonyl (C=O) groups is 1. The van der Waals surface area contributed by atoms with Gasteiger partial charge in [0.05, 0.1) is 6.61 Å². The van der Waals surface area contributed by atoms with Crippen molar-refractivity contribution in [1.29, 1.82) is 0 Å². The van der Waals surface area contributed by atoms with Gasteiger partial charge >= 0.3 is 5.97 Å². The molecule has 0 fully saturated rings. The molecular weight excluding hydrogens is 230 g/mol. The van der Waals surface area contributed by atoms with Crippen LogP contribution in [0, 0.1) is 5.92 Å². The summed E-state index contributed by atoms with van der Waals surface area (Å²) in [4.78, 5) is 11.3. The molecule has 4 heteroatoms. The van der Waals surface area contributed by atoms with Crippen LogP contribution >= 0.6 is 0 Å². The van der Waals surface area contributed by atoms with Gasteiger partial charge in [-0.3, -0.25) is 0 Å². The van der Waals surface area contributed by atoms with Crippen molar-refractivity contribution in [1.82, 2.24) is 0 Å². The maximum atomic E-state index is 11.3. The van der Waals surface area contributed by atoms with Crippen LogP contribution in [0.15, 0.2) is 30.3 Å². The van der Waals surface area contributed by atoms with Crippen molar-refractivity contribution in [3.05, 3.63) is 35.9 Å². The minimum atomic E-state index is -1.47. The number of hydrogen-bond acceptors (Lipinski definition) is 3. The van der Waals surface area contributed by atoms with E-state index < -0.39 is 11.5 Å². The Morgan fingerprint density at radius 2 is 2.00 bits per heavy atom. The van der Waals surface area contributed by atoms with Crippen LogP contribution in [0.4, 0.5) is 0 Å². The number of ether oxygens (including phenoxy) is 1. The van der Waals surface area contributed by atoms with E-state index >= 15 is 0 Å². The van der Waals surface area contributed by atoms with Crippen LogP contribution in [0.25, 0.3) is 0 Å². The first-order valence-corrected chi connectivity index (χ1v) is 6.12. The zero-order valence-electron chi connectivity index (χ0n) is 10.9. The molecule has 0 saturated heterocycles. The lowest BCUT2D eigenvalue weighted by molar-refractivity contribution is -0.146. The molecule has 1 aromatic carbocycles. The highest BCUT2D eigenvalue weighted by molar-refractivity contribution is 5.80. The Morgan fingerprint density at radius 1 is 1.39 bits per heavy atom. The van der Waals surface area contributed by atoms with Gasteiger partial charge in [-0.05, 0) is 17.9 Å². The first-order chi connectivity index (χ1) is 8.47. The molecule has 4 nitrogen and oxygen atoms in total. The van der Waals surface area contributed by atoms with E-state index in [0.717, 1.165) is 6.42 Å². The summed E-state index contributed by atoms with van der Waals surface area (Å²) in [5.74, 6) is -0.544. The number of carboxylic acids is 1. The van der Waals surface area contributed by atoms with E-state index in [1.165, 1.54) is 0 Å². The Labute approximate surface area is 108 Å². The predicted molar refractivity (Wildman–Crippen MR) is 70.2 cm³/mol. The molecule has 1 rings (SSSR count). The molecule has 3 N–H and O–H groups in total. The molecule has 0 amide bonds. The monoisotopic (exact) mass is 251 g/mol. The molecule has 0 aliphatic carbocycles. The third-order valence-corrected chi connectivity index (χ3v) is 2.84. The summed E-state index contributed by atoms with van der Waals surface area (Å²) in [7, 11) is 0. The van der Waals surface area contributed by atoms with Gasteiger partial charge in [-0.2, -0.15) is 0 Å². The van der Waals surface area contributed by atoms with Crippen LogP contribution in [-0.2, 0) is 15.1 Å². The first kappa shape index (κ1) is 14.7. The van der Waals surface area contributed by atoms with Crippen molar-refractivity contribution in [2.24, 2.45) is 11.7 Å². The second-order valence-electron chi connectivity index (χ2n) is 4.88. The second-order valence-corrected chi connectivity index (χ2v) is 4.88. The predicted octanol–water partition coefficient (Wildman–Crippen LogP) is 1.99. The van der Waals surface area contributed by atoms with Gasteiger partial charge in [0.15, 0.2) is 5.54 Å². The lowest BCUT2D eigenvalue weighted by Crippen LogP contribution is -2.49. The average molecular weight is 251 g/mol. The number of hydrogen-bond donors (Lipinski definition) is 2. The van der Waals surface area contributed by atoms with Crippen LogP contribution in [0.2, 0.25) is 0 Å². The van der Waals surface area contributed by atoms with Crippen molar-refractivity contribution >= 4 is 5.97 Å². The van der Waals surface area contributed by atoms with Crippen molar-refractivity contribution < 1.29 is 14.6 Å². The molecule has 1 unspecified atom stereocenters. The van der Waals surface area contributed by atoms with Crippen LogP contribution in [0.1, 0.15) is 25.8 Å². The van der Waals surface area contributed by atoms with E-state index in [0.29, 0.717) is 18.1 Å². The molecule has 0 bridgehead atoms. The fraction of sp³-hybridized carbons (Fsp3) is 0.500. The Bertz CT molecular complexity index is 378. The van der Waals surface area contributed by atoms with Crippen LogP contribution in [-0.4, -0.2) is 24.3 Å². The van der Waals surface area contributed by atoms with Gasteiger partial charge in [0.25, 0.3) is 0 Å². The molecule has 0 saturated carbocycles. The molecule has 0 aromatic heterocycles. The lowest BCUT2D eigenvalue weighted by atomic mass is 9.92. The fourth-order valence-corrected chi connectivity index (χ4v) is 1.56. The van der Waals surface area contributed by atoms with Crippen LogP contribution < -0.4 is 5.73 Å². The van der Waals surface area contributed by atoms with Crippen LogP contribution in [0.5, 0.6) is 0 Å². The quantitative estimate of drug-likeness (QED) is 0.727. The SMILES string of the molecule is CC(C)CCOCC(N)(C(=O)O)c1ccccc1. The molecule has 1 atom stereocenters. The molecular formula is C14H21NO3. The highest BCUT2D eigenvalue weighted by atomic mass is 16.5. The van der Waals surface area contributed by atoms with E-state index in [4.69, 9.17) is 10.5 Å². The molecule has 0 aliphatic heterocycles. The zero-order valence-corrected chi connectivity index (χ0v) is 10.9. The summed E-state index contributed by atoms with van der Waals surface area (Å²) in [5.41, 5.74) is 5.04. The Balaban J connectivity index is 2.67. The fourth-order valence-electron chi connectivity index (χ4n) is 1.56. The Morgan fingerprint density at radius 3 is 2.50 bits per heavy atom. The molecule has 0 radical (unpaired) electrons. The van der Waals surface area contributed by atoms with E-state index in [2.05, 4.69) is 13.8 Å². The minimum Gasteiger partial charge on any atom is -0.480 e. The summed E-state index contributed by atoms with van der Waals surface area (Å²) < 4.78 is 5.42. The molecule has 0 aliphatic rings. The maximum Gasteiger partial charge on any atom is 0.330 e. The van der Waals surface area contributed by atoms with Crippen molar-refractivity contribution in [2.45, 2.75) is 25.8 Å². The largest absolute Gasteiger partial charge is 0.480 e. The van der Waals surface area contributed by atoms with Gasteiger partial charge in [0.2, 0.25) is 0 Å². The summed E-state index contributed by atoms with van der Waals surface area (Å²) in [6.07, 6.45) is 0.893. The van der Waals surface area contributed by atoms with Gasteiger partial charge in [0.1, 0.15) is 0 Å². The van der Waals surface area contributed by atoms with Gasteiger partial charge in [-0.15, -0.1) is 0 Å². The van der Waals surface area contributed by atoms with Gasteiger partial charge in [-0.25, -0.2) is 4.79 Å². The number of nitrogens with two attached hydrogens (primary N) is 1. The normalized spacial score (nSPS) is 14.4. The second kappa shape index (κ2) is 6.52. The smallest absolute Gasteiger partial charge is 0.330 e. The highest BCUT2D eigenvalue weighted by Gasteiger charge is 2.36. The van der Waals surface area contributed by atoms with Crippen LogP contribution in [0.3, 0.4) is 0 Å². The zero-order chi connectivity index (χ0) is 13.6. The van der Waals surface area contributed by atoms with E-state index in [9.17, 15) is 9.90 Å². The van der Waals surface area contributed by atoms with Crippen molar-refractivity contribution in [3.8, 4) is 0 Å². The molecule has 18 heavy (non-hydrogen) atoms. The number of rotatable bonds is 7. The topological polar surface area (TPSA) is 72.5 Å². The Kier molecular flexibility index (Phi) is 5.31. The number of carboxylic acid groups (broad SMARTS) is 1. The van der Waals surface area contributed by atoms with Crippen molar-refractivity contribution in [3.63, 3.8) is 0 Å². The standard InChI is InChI=1S/C14H21NO3/c1-11(2)8-9-18-10-14(15,13(16)17)12-6-4-3-5-7-12/h3-7,11H,8-10,15H2,1-2H3,(H,16,17). The molecule has 0 spiro atoms. The molecule has 0 heterocycles. The molecule has 100 valence electrons. The van der Waals surface area contributed by atoms with E-state index in [-0.39, 0.29) is 6.61 Å². The summed E-state index contributed by atoms with van der Waals surface area (Å²) in [6.45, 7) is 4.69.